The molecule has 3 rings (SSSR count). The predicted octanol–water partition coefficient (Wildman–Crippen LogP) is 1.55. The molecule has 2 N–H and O–H groups in total. The van der Waals surface area contributed by atoms with Crippen LogP contribution in [0.2, 0.25) is 0 Å². The lowest BCUT2D eigenvalue weighted by Gasteiger charge is -2.05. The third kappa shape index (κ3) is 4.55. The van der Waals surface area contributed by atoms with Crippen molar-refractivity contribution in [3.8, 4) is 0 Å². The fourth-order valence-electron chi connectivity index (χ4n) is 1.94. The Kier molecular flexibility index (Phi) is 4.97. The quantitative estimate of drug-likeness (QED) is 0.771. The zero-order valence-electron chi connectivity index (χ0n) is 12.6. The summed E-state index contributed by atoms with van der Waals surface area (Å²) in [6, 6.07) is 3.87. The van der Waals surface area contributed by atoms with Gasteiger partial charge in [-0.1, -0.05) is 17.8 Å². The molecule has 1 fully saturated rings. The Morgan fingerprint density at radius 1 is 1.43 bits per heavy atom. The molecule has 122 valence electrons. The minimum atomic E-state index is -0.422. The van der Waals surface area contributed by atoms with Gasteiger partial charge in [-0.2, -0.15) is 0 Å². The number of nitrogens with one attached hydrogen (secondary N) is 2. The first-order valence-corrected chi connectivity index (χ1v) is 9.12. The number of urea groups is 1. The number of imide groups is 1. The molecule has 1 saturated carbocycles. The van der Waals surface area contributed by atoms with Gasteiger partial charge < -0.3 is 9.88 Å². The highest BCUT2D eigenvalue weighted by Gasteiger charge is 2.24. The Bertz CT molecular complexity index is 694. The molecule has 0 spiro atoms. The van der Waals surface area contributed by atoms with Gasteiger partial charge in [0.2, 0.25) is 5.91 Å². The van der Waals surface area contributed by atoms with Crippen molar-refractivity contribution in [1.82, 2.24) is 25.4 Å². The van der Waals surface area contributed by atoms with E-state index in [1.165, 1.54) is 16.6 Å². The molecule has 0 aromatic carbocycles. The summed E-state index contributed by atoms with van der Waals surface area (Å²) in [4.78, 5) is 24.4. The summed E-state index contributed by atoms with van der Waals surface area (Å²) in [5.74, 6) is 0.640. The summed E-state index contributed by atoms with van der Waals surface area (Å²) in [5, 5.41) is 16.0. The van der Waals surface area contributed by atoms with Gasteiger partial charge in [0, 0.05) is 24.4 Å². The highest BCUT2D eigenvalue weighted by Crippen LogP contribution is 2.19. The van der Waals surface area contributed by atoms with E-state index in [1.54, 1.807) is 11.3 Å². The standard InChI is InChI=1S/C14H17N5O2S2/c1-19-11(7-10-3-2-6-22-10)17-18-14(19)23-8-12(20)16-13(21)15-9-4-5-9/h2-3,6,9H,4-5,7-8H2,1H3,(H2,15,16,20,21). The van der Waals surface area contributed by atoms with E-state index in [4.69, 9.17) is 0 Å². The van der Waals surface area contributed by atoms with Crippen LogP contribution in [0.4, 0.5) is 4.79 Å². The molecule has 0 saturated heterocycles. The fourth-order valence-corrected chi connectivity index (χ4v) is 3.37. The number of aromatic nitrogens is 3. The van der Waals surface area contributed by atoms with E-state index in [2.05, 4.69) is 26.9 Å². The molecule has 0 aliphatic heterocycles. The van der Waals surface area contributed by atoms with Crippen LogP contribution in [0.3, 0.4) is 0 Å². The normalized spacial score (nSPS) is 13.8. The van der Waals surface area contributed by atoms with Crippen LogP contribution in [0.15, 0.2) is 22.7 Å². The van der Waals surface area contributed by atoms with Crippen molar-refractivity contribution < 1.29 is 9.59 Å². The molecule has 0 bridgehead atoms. The number of carbonyl (C=O) groups is 2. The molecule has 2 heterocycles. The van der Waals surface area contributed by atoms with Gasteiger partial charge in [-0.05, 0) is 24.3 Å². The Labute approximate surface area is 141 Å². The van der Waals surface area contributed by atoms with Crippen LogP contribution >= 0.6 is 23.1 Å². The summed E-state index contributed by atoms with van der Waals surface area (Å²) in [5.41, 5.74) is 0. The van der Waals surface area contributed by atoms with Crippen molar-refractivity contribution in [3.05, 3.63) is 28.2 Å². The Hall–Kier alpha value is -1.87. The van der Waals surface area contributed by atoms with E-state index >= 15 is 0 Å². The molecule has 1 aliphatic carbocycles. The monoisotopic (exact) mass is 351 g/mol. The topological polar surface area (TPSA) is 88.9 Å². The first-order valence-electron chi connectivity index (χ1n) is 7.25. The fraction of sp³-hybridized carbons (Fsp3) is 0.429. The lowest BCUT2D eigenvalue weighted by molar-refractivity contribution is -0.117. The molecule has 0 atom stereocenters. The molecule has 3 amide bonds. The van der Waals surface area contributed by atoms with E-state index < -0.39 is 6.03 Å². The second kappa shape index (κ2) is 7.14. The van der Waals surface area contributed by atoms with Crippen LogP contribution in [0, 0.1) is 0 Å². The van der Waals surface area contributed by atoms with Gasteiger partial charge >= 0.3 is 6.03 Å². The van der Waals surface area contributed by atoms with Gasteiger partial charge in [-0.25, -0.2) is 4.79 Å². The van der Waals surface area contributed by atoms with Gasteiger partial charge in [-0.15, -0.1) is 21.5 Å². The third-order valence-corrected chi connectivity index (χ3v) is 5.23. The molecule has 2 aromatic heterocycles. The van der Waals surface area contributed by atoms with Gasteiger partial charge in [0.25, 0.3) is 0 Å². The Morgan fingerprint density at radius 3 is 2.96 bits per heavy atom. The number of hydrogen-bond donors (Lipinski definition) is 2. The number of rotatable bonds is 6. The number of thiophene rings is 1. The molecular formula is C14H17N5O2S2. The van der Waals surface area contributed by atoms with Crippen LogP contribution in [-0.2, 0) is 18.3 Å². The maximum atomic E-state index is 11.8. The molecular weight excluding hydrogens is 334 g/mol. The zero-order chi connectivity index (χ0) is 16.2. The second-order valence-corrected chi connectivity index (χ2v) is 7.27. The smallest absolute Gasteiger partial charge is 0.321 e. The molecule has 2 aromatic rings. The van der Waals surface area contributed by atoms with Crippen molar-refractivity contribution in [2.75, 3.05) is 5.75 Å². The molecule has 1 aliphatic rings. The Morgan fingerprint density at radius 2 is 2.26 bits per heavy atom. The summed E-state index contributed by atoms with van der Waals surface area (Å²) in [7, 11) is 1.88. The lowest BCUT2D eigenvalue weighted by atomic mass is 10.3. The third-order valence-electron chi connectivity index (χ3n) is 3.34. The van der Waals surface area contributed by atoms with Gasteiger partial charge in [0.15, 0.2) is 5.16 Å². The number of thioether (sulfide) groups is 1. The highest BCUT2D eigenvalue weighted by atomic mass is 32.2. The summed E-state index contributed by atoms with van der Waals surface area (Å²) < 4.78 is 1.88. The van der Waals surface area contributed by atoms with Crippen molar-refractivity contribution in [3.63, 3.8) is 0 Å². The van der Waals surface area contributed by atoms with Gasteiger partial charge in [0.05, 0.1) is 5.75 Å². The summed E-state index contributed by atoms with van der Waals surface area (Å²) >= 11 is 2.94. The molecule has 0 unspecified atom stereocenters. The number of carbonyl (C=O) groups excluding carboxylic acids is 2. The van der Waals surface area contributed by atoms with Crippen molar-refractivity contribution in [2.24, 2.45) is 7.05 Å². The molecule has 0 radical (unpaired) electrons. The van der Waals surface area contributed by atoms with Crippen molar-refractivity contribution in [2.45, 2.75) is 30.5 Å². The van der Waals surface area contributed by atoms with Gasteiger partial charge in [-0.3, -0.25) is 10.1 Å². The zero-order valence-corrected chi connectivity index (χ0v) is 14.2. The maximum absolute atomic E-state index is 11.8. The van der Waals surface area contributed by atoms with E-state index in [-0.39, 0.29) is 17.7 Å². The SMILES string of the molecule is Cn1c(Cc2cccs2)nnc1SCC(=O)NC(=O)NC1CC1. The van der Waals surface area contributed by atoms with E-state index in [9.17, 15) is 9.59 Å². The van der Waals surface area contributed by atoms with Crippen LogP contribution in [0.5, 0.6) is 0 Å². The maximum Gasteiger partial charge on any atom is 0.321 e. The average molecular weight is 351 g/mol. The molecule has 9 heteroatoms. The number of nitrogens with zero attached hydrogens (tertiary/aromatic N) is 3. The average Bonchev–Trinajstić information content (AvgIpc) is 3.05. The Balaban J connectivity index is 1.48. The minimum Gasteiger partial charge on any atom is -0.335 e. The molecule has 23 heavy (non-hydrogen) atoms. The predicted molar refractivity (Wildman–Crippen MR) is 88.5 cm³/mol. The van der Waals surface area contributed by atoms with Crippen molar-refractivity contribution in [1.29, 1.82) is 0 Å². The van der Waals surface area contributed by atoms with Gasteiger partial charge in [0.1, 0.15) is 5.82 Å². The van der Waals surface area contributed by atoms with Crippen LogP contribution in [-0.4, -0.2) is 38.5 Å². The van der Waals surface area contributed by atoms with Crippen LogP contribution in [0.25, 0.3) is 0 Å². The van der Waals surface area contributed by atoms with E-state index in [0.717, 1.165) is 25.1 Å². The molecule has 7 nitrogen and oxygen atoms in total. The number of hydrogen-bond acceptors (Lipinski definition) is 6. The van der Waals surface area contributed by atoms with E-state index in [0.29, 0.717) is 5.16 Å². The lowest BCUT2D eigenvalue weighted by Crippen LogP contribution is -2.41. The summed E-state index contributed by atoms with van der Waals surface area (Å²) in [6.07, 6.45) is 2.70. The van der Waals surface area contributed by atoms with Crippen LogP contribution in [0.1, 0.15) is 23.5 Å². The number of amides is 3. The second-order valence-electron chi connectivity index (χ2n) is 5.30. The minimum absolute atomic E-state index is 0.128. The first-order chi connectivity index (χ1) is 11.1. The first kappa shape index (κ1) is 16.0. The van der Waals surface area contributed by atoms with Crippen molar-refractivity contribution >= 4 is 35.0 Å². The highest BCUT2D eigenvalue weighted by molar-refractivity contribution is 7.99. The van der Waals surface area contributed by atoms with E-state index in [1.807, 2.05) is 23.1 Å². The van der Waals surface area contributed by atoms with Crippen LogP contribution < -0.4 is 10.6 Å². The largest absolute Gasteiger partial charge is 0.335 e. The summed E-state index contributed by atoms with van der Waals surface area (Å²) in [6.45, 7) is 0.